The molecule has 0 aromatic heterocycles. The molecule has 2 rings (SSSR count). The van der Waals surface area contributed by atoms with Gasteiger partial charge in [0.2, 0.25) is 6.43 Å². The van der Waals surface area contributed by atoms with Crippen molar-refractivity contribution in [3.8, 4) is 0 Å². The van der Waals surface area contributed by atoms with Crippen LogP contribution in [-0.2, 0) is 0 Å². The minimum atomic E-state index is -2.37. The first-order valence-electron chi connectivity index (χ1n) is 5.71. The van der Waals surface area contributed by atoms with Crippen LogP contribution in [0.5, 0.6) is 0 Å². The number of aromatic carboxylic acids is 1. The van der Waals surface area contributed by atoms with E-state index in [0.29, 0.717) is 18.4 Å². The second kappa shape index (κ2) is 4.82. The zero-order valence-electron chi connectivity index (χ0n) is 9.27. The van der Waals surface area contributed by atoms with E-state index in [2.05, 4.69) is 0 Å². The number of halogens is 2. The maximum absolute atomic E-state index is 12.9. The number of carboxylic acid groups (broad SMARTS) is 1. The first-order chi connectivity index (χ1) is 8.11. The SMILES string of the molecule is O=C(O)c1ccccc1C1CCCC1C(F)F. The van der Waals surface area contributed by atoms with Gasteiger partial charge in [0.1, 0.15) is 0 Å². The average Bonchev–Trinajstić information content (AvgIpc) is 2.77. The average molecular weight is 240 g/mol. The highest BCUT2D eigenvalue weighted by Gasteiger charge is 2.36. The summed E-state index contributed by atoms with van der Waals surface area (Å²) in [6.07, 6.45) is -0.493. The van der Waals surface area contributed by atoms with Crippen LogP contribution in [0.25, 0.3) is 0 Å². The van der Waals surface area contributed by atoms with Gasteiger partial charge in [-0.2, -0.15) is 0 Å². The summed E-state index contributed by atoms with van der Waals surface area (Å²) in [5, 5.41) is 9.06. The smallest absolute Gasteiger partial charge is 0.335 e. The molecule has 1 fully saturated rings. The molecule has 0 amide bonds. The van der Waals surface area contributed by atoms with Crippen molar-refractivity contribution in [3.05, 3.63) is 35.4 Å². The molecule has 0 heterocycles. The second-order valence-electron chi connectivity index (χ2n) is 4.43. The maximum Gasteiger partial charge on any atom is 0.335 e. The van der Waals surface area contributed by atoms with Gasteiger partial charge < -0.3 is 5.11 Å². The molecule has 0 radical (unpaired) electrons. The van der Waals surface area contributed by atoms with E-state index in [1.54, 1.807) is 18.2 Å². The molecule has 1 N–H and O–H groups in total. The third kappa shape index (κ3) is 2.30. The Morgan fingerprint density at radius 2 is 2.00 bits per heavy atom. The van der Waals surface area contributed by atoms with Gasteiger partial charge in [-0.05, 0) is 30.4 Å². The van der Waals surface area contributed by atoms with Crippen LogP contribution in [0.2, 0.25) is 0 Å². The fraction of sp³-hybridized carbons (Fsp3) is 0.462. The summed E-state index contributed by atoms with van der Waals surface area (Å²) in [5.74, 6) is -2.06. The molecule has 0 aliphatic heterocycles. The van der Waals surface area contributed by atoms with Crippen molar-refractivity contribution >= 4 is 5.97 Å². The molecular formula is C13H14F2O2. The van der Waals surface area contributed by atoms with Crippen molar-refractivity contribution in [2.75, 3.05) is 0 Å². The molecule has 0 bridgehead atoms. The third-order valence-electron chi connectivity index (χ3n) is 3.48. The van der Waals surface area contributed by atoms with E-state index in [1.807, 2.05) is 0 Å². The van der Waals surface area contributed by atoms with Gasteiger partial charge in [0, 0.05) is 5.92 Å². The molecule has 92 valence electrons. The number of rotatable bonds is 3. The number of carbonyl (C=O) groups is 1. The van der Waals surface area contributed by atoms with Crippen molar-refractivity contribution < 1.29 is 18.7 Å². The second-order valence-corrected chi connectivity index (χ2v) is 4.43. The predicted molar refractivity (Wildman–Crippen MR) is 59.5 cm³/mol. The Hall–Kier alpha value is -1.45. The number of alkyl halides is 2. The van der Waals surface area contributed by atoms with E-state index >= 15 is 0 Å². The standard InChI is InChI=1S/C13H14F2O2/c14-12(15)10-7-3-6-8(10)9-4-1-2-5-11(9)13(16)17/h1-2,4-5,8,10,12H,3,6-7H2,(H,16,17). The maximum atomic E-state index is 12.9. The largest absolute Gasteiger partial charge is 0.478 e. The Morgan fingerprint density at radius 3 is 2.65 bits per heavy atom. The molecule has 4 heteroatoms. The Labute approximate surface area is 98.3 Å². The summed E-state index contributed by atoms with van der Waals surface area (Å²) in [6, 6.07) is 6.48. The van der Waals surface area contributed by atoms with Gasteiger partial charge in [0.25, 0.3) is 0 Å². The molecule has 2 unspecified atom stereocenters. The molecule has 1 saturated carbocycles. The molecule has 1 aromatic carbocycles. The Morgan fingerprint density at radius 1 is 1.29 bits per heavy atom. The first-order valence-corrected chi connectivity index (χ1v) is 5.71. The third-order valence-corrected chi connectivity index (χ3v) is 3.48. The Balaban J connectivity index is 2.36. The van der Waals surface area contributed by atoms with Crippen LogP contribution >= 0.6 is 0 Å². The Bertz CT molecular complexity index is 418. The van der Waals surface area contributed by atoms with Crippen LogP contribution in [0.1, 0.15) is 41.1 Å². The summed E-state index contributed by atoms with van der Waals surface area (Å²) in [5.41, 5.74) is 0.716. The fourth-order valence-electron chi connectivity index (χ4n) is 2.69. The van der Waals surface area contributed by atoms with Gasteiger partial charge >= 0.3 is 5.97 Å². The van der Waals surface area contributed by atoms with Gasteiger partial charge in [0.15, 0.2) is 0 Å². The minimum absolute atomic E-state index is 0.157. The molecular weight excluding hydrogens is 226 g/mol. The molecule has 1 aromatic rings. The number of hydrogen-bond acceptors (Lipinski definition) is 1. The summed E-state index contributed by atoms with van der Waals surface area (Å²) in [7, 11) is 0. The van der Waals surface area contributed by atoms with Crippen LogP contribution in [-0.4, -0.2) is 17.5 Å². The summed E-state index contributed by atoms with van der Waals surface area (Å²) >= 11 is 0. The van der Waals surface area contributed by atoms with Crippen LogP contribution < -0.4 is 0 Å². The summed E-state index contributed by atoms with van der Waals surface area (Å²) < 4.78 is 25.7. The zero-order chi connectivity index (χ0) is 12.4. The van der Waals surface area contributed by atoms with E-state index in [0.717, 1.165) is 6.42 Å². The molecule has 1 aliphatic carbocycles. The van der Waals surface area contributed by atoms with Crippen molar-refractivity contribution in [3.63, 3.8) is 0 Å². The van der Waals surface area contributed by atoms with Gasteiger partial charge in [0.05, 0.1) is 5.56 Å². The lowest BCUT2D eigenvalue weighted by molar-refractivity contribution is 0.0663. The lowest BCUT2D eigenvalue weighted by Crippen LogP contribution is -2.17. The van der Waals surface area contributed by atoms with Crippen LogP contribution in [0.15, 0.2) is 24.3 Å². The minimum Gasteiger partial charge on any atom is -0.478 e. The molecule has 1 aliphatic rings. The van der Waals surface area contributed by atoms with E-state index in [4.69, 9.17) is 5.11 Å². The van der Waals surface area contributed by atoms with Gasteiger partial charge in [-0.15, -0.1) is 0 Å². The number of benzene rings is 1. The highest BCUT2D eigenvalue weighted by molar-refractivity contribution is 5.89. The topological polar surface area (TPSA) is 37.3 Å². The lowest BCUT2D eigenvalue weighted by atomic mass is 9.86. The van der Waals surface area contributed by atoms with Crippen molar-refractivity contribution in [1.29, 1.82) is 0 Å². The summed E-state index contributed by atoms with van der Waals surface area (Å²) in [6.45, 7) is 0. The van der Waals surface area contributed by atoms with Crippen LogP contribution in [0.3, 0.4) is 0 Å². The van der Waals surface area contributed by atoms with Crippen molar-refractivity contribution in [1.82, 2.24) is 0 Å². The lowest BCUT2D eigenvalue weighted by Gasteiger charge is -2.20. The van der Waals surface area contributed by atoms with Gasteiger partial charge in [-0.3, -0.25) is 0 Å². The Kier molecular flexibility index (Phi) is 3.41. The van der Waals surface area contributed by atoms with E-state index in [1.165, 1.54) is 6.07 Å². The van der Waals surface area contributed by atoms with E-state index < -0.39 is 18.3 Å². The van der Waals surface area contributed by atoms with Gasteiger partial charge in [-0.1, -0.05) is 24.6 Å². The predicted octanol–water partition coefficient (Wildman–Crippen LogP) is 3.53. The first kappa shape index (κ1) is 12.0. The monoisotopic (exact) mass is 240 g/mol. The van der Waals surface area contributed by atoms with E-state index in [-0.39, 0.29) is 11.5 Å². The van der Waals surface area contributed by atoms with Crippen molar-refractivity contribution in [2.45, 2.75) is 31.6 Å². The zero-order valence-corrected chi connectivity index (χ0v) is 9.27. The normalized spacial score (nSPS) is 24.2. The molecule has 2 nitrogen and oxygen atoms in total. The van der Waals surface area contributed by atoms with E-state index in [9.17, 15) is 13.6 Å². The molecule has 2 atom stereocenters. The highest BCUT2D eigenvalue weighted by Crippen LogP contribution is 2.43. The molecule has 0 saturated heterocycles. The number of hydrogen-bond donors (Lipinski definition) is 1. The van der Waals surface area contributed by atoms with Crippen molar-refractivity contribution in [2.24, 2.45) is 5.92 Å². The summed E-state index contributed by atoms with van der Waals surface area (Å²) in [4.78, 5) is 11.1. The van der Waals surface area contributed by atoms with Gasteiger partial charge in [-0.25, -0.2) is 13.6 Å². The van der Waals surface area contributed by atoms with Crippen LogP contribution in [0.4, 0.5) is 8.78 Å². The van der Waals surface area contributed by atoms with Crippen LogP contribution in [0, 0.1) is 5.92 Å². The highest BCUT2D eigenvalue weighted by atomic mass is 19.3. The molecule has 17 heavy (non-hydrogen) atoms. The quantitative estimate of drug-likeness (QED) is 0.877. The molecule has 0 spiro atoms. The fourth-order valence-corrected chi connectivity index (χ4v) is 2.69. The number of carboxylic acids is 1.